The Labute approximate surface area is 151 Å². The maximum Gasteiger partial charge on any atom is 0.252 e. The van der Waals surface area contributed by atoms with Crippen molar-refractivity contribution in [3.63, 3.8) is 0 Å². The summed E-state index contributed by atoms with van der Waals surface area (Å²) in [4.78, 5) is 16.3. The summed E-state index contributed by atoms with van der Waals surface area (Å²) in [5, 5.41) is 9.15. The van der Waals surface area contributed by atoms with Crippen LogP contribution in [0.15, 0.2) is 9.90 Å². The number of thiophene rings is 1. The minimum Gasteiger partial charge on any atom is -0.379 e. The summed E-state index contributed by atoms with van der Waals surface area (Å²) in [6, 6.07) is 0.155. The molecule has 1 atom stereocenters. The minimum absolute atomic E-state index is 0.0483. The number of amides is 1. The van der Waals surface area contributed by atoms with Crippen molar-refractivity contribution in [2.24, 2.45) is 0 Å². The lowest BCUT2D eigenvalue weighted by Crippen LogP contribution is -2.36. The zero-order valence-corrected chi connectivity index (χ0v) is 15.4. The smallest absolute Gasteiger partial charge is 0.252 e. The number of carbonyl (C=O) groups excluding carboxylic acids is 1. The van der Waals surface area contributed by atoms with E-state index in [9.17, 15) is 4.79 Å². The van der Waals surface area contributed by atoms with Crippen LogP contribution in [0.4, 0.5) is 0 Å². The Bertz CT molecular complexity index is 757. The van der Waals surface area contributed by atoms with Gasteiger partial charge in [-0.2, -0.15) is 0 Å². The molecule has 25 heavy (non-hydrogen) atoms. The van der Waals surface area contributed by atoms with Gasteiger partial charge in [-0.25, -0.2) is 0 Å². The fourth-order valence-electron chi connectivity index (χ4n) is 3.57. The predicted molar refractivity (Wildman–Crippen MR) is 94.8 cm³/mol. The van der Waals surface area contributed by atoms with Gasteiger partial charge in [-0.05, 0) is 32.3 Å². The predicted octanol–water partition coefficient (Wildman–Crippen LogP) is 2.43. The first-order valence-electron chi connectivity index (χ1n) is 8.73. The molecule has 0 radical (unpaired) electrons. The topological polar surface area (TPSA) is 67.6 Å². The number of fused-ring (bicyclic) bond motifs is 1. The van der Waals surface area contributed by atoms with E-state index in [1.54, 1.807) is 11.3 Å². The molecule has 6 nitrogen and oxygen atoms in total. The molecular formula is C18H23N3O3S. The molecule has 1 amide bonds. The van der Waals surface area contributed by atoms with Gasteiger partial charge in [0.15, 0.2) is 0 Å². The number of aryl methyl sites for hydroxylation is 2. The van der Waals surface area contributed by atoms with Gasteiger partial charge in [0.05, 0.1) is 23.9 Å². The Morgan fingerprint density at radius 2 is 2.36 bits per heavy atom. The first-order valence-corrected chi connectivity index (χ1v) is 9.61. The van der Waals surface area contributed by atoms with Gasteiger partial charge < -0.3 is 14.6 Å². The minimum atomic E-state index is 0.0483. The molecule has 0 unspecified atom stereocenters. The summed E-state index contributed by atoms with van der Waals surface area (Å²) in [6.07, 6.45) is 1.81. The maximum atomic E-state index is 12.6. The molecule has 2 aliphatic rings. The first kappa shape index (κ1) is 16.8. The average molecular weight is 361 g/mol. The van der Waals surface area contributed by atoms with E-state index in [-0.39, 0.29) is 11.9 Å². The average Bonchev–Trinajstić information content (AvgIpc) is 3.31. The second-order valence-corrected chi connectivity index (χ2v) is 7.81. The molecule has 1 fully saturated rings. The van der Waals surface area contributed by atoms with Crippen LogP contribution < -0.4 is 5.32 Å². The van der Waals surface area contributed by atoms with Crippen LogP contribution >= 0.6 is 11.3 Å². The van der Waals surface area contributed by atoms with E-state index in [2.05, 4.69) is 15.4 Å². The Morgan fingerprint density at radius 1 is 1.48 bits per heavy atom. The first-order chi connectivity index (χ1) is 12.1. The van der Waals surface area contributed by atoms with Crippen molar-refractivity contribution in [2.75, 3.05) is 19.8 Å². The maximum absolute atomic E-state index is 12.6. The van der Waals surface area contributed by atoms with Crippen molar-refractivity contribution >= 4 is 17.2 Å². The summed E-state index contributed by atoms with van der Waals surface area (Å²) >= 11 is 1.69. The summed E-state index contributed by atoms with van der Waals surface area (Å²) in [6.45, 7) is 7.99. The molecule has 4 rings (SSSR count). The highest BCUT2D eigenvalue weighted by Gasteiger charge is 2.26. The third-order valence-corrected chi connectivity index (χ3v) is 6.11. The van der Waals surface area contributed by atoms with Crippen molar-refractivity contribution in [2.45, 2.75) is 45.8 Å². The molecule has 1 N–H and O–H groups in total. The van der Waals surface area contributed by atoms with Gasteiger partial charge in [-0.3, -0.25) is 9.69 Å². The highest BCUT2D eigenvalue weighted by atomic mass is 32.1. The van der Waals surface area contributed by atoms with E-state index in [1.165, 1.54) is 16.0 Å². The van der Waals surface area contributed by atoms with Crippen LogP contribution in [-0.2, 0) is 24.2 Å². The molecule has 2 aromatic rings. The van der Waals surface area contributed by atoms with Gasteiger partial charge >= 0.3 is 0 Å². The van der Waals surface area contributed by atoms with Gasteiger partial charge in [0.2, 0.25) is 0 Å². The number of ether oxygens (including phenoxy) is 1. The SMILES string of the molecule is Cc1noc(C)c1CN1CCc2c(C(=O)N[C@@H]3CCOC3)csc2C1. The third kappa shape index (κ3) is 3.36. The molecule has 2 aromatic heterocycles. The van der Waals surface area contributed by atoms with Crippen LogP contribution in [0.25, 0.3) is 0 Å². The van der Waals surface area contributed by atoms with Gasteiger partial charge in [-0.15, -0.1) is 11.3 Å². The standard InChI is InChI=1S/C18H23N3O3S/c1-11-15(12(2)24-20-11)7-21-5-3-14-16(10-25-17(14)8-21)18(22)19-13-4-6-23-9-13/h10,13H,3-9H2,1-2H3,(H,19,22)/t13-/m1/s1. The quantitative estimate of drug-likeness (QED) is 0.906. The van der Waals surface area contributed by atoms with Crippen LogP contribution in [-0.4, -0.2) is 41.8 Å². The third-order valence-electron chi connectivity index (χ3n) is 5.10. The highest BCUT2D eigenvalue weighted by molar-refractivity contribution is 7.10. The van der Waals surface area contributed by atoms with Crippen LogP contribution in [0.1, 0.15) is 44.2 Å². The number of carbonyl (C=O) groups is 1. The highest BCUT2D eigenvalue weighted by Crippen LogP contribution is 2.30. The van der Waals surface area contributed by atoms with Gasteiger partial charge in [0, 0.05) is 42.1 Å². The van der Waals surface area contributed by atoms with Gasteiger partial charge in [0.1, 0.15) is 5.76 Å². The summed E-state index contributed by atoms with van der Waals surface area (Å²) < 4.78 is 10.6. The van der Waals surface area contributed by atoms with E-state index < -0.39 is 0 Å². The fourth-order valence-corrected chi connectivity index (χ4v) is 4.69. The second-order valence-electron chi connectivity index (χ2n) is 6.85. The Kier molecular flexibility index (Phi) is 4.62. The Morgan fingerprint density at radius 3 is 3.08 bits per heavy atom. The molecule has 0 spiro atoms. The summed E-state index contributed by atoms with van der Waals surface area (Å²) in [7, 11) is 0. The zero-order chi connectivity index (χ0) is 17.4. The molecule has 0 bridgehead atoms. The summed E-state index contributed by atoms with van der Waals surface area (Å²) in [5.74, 6) is 0.945. The van der Waals surface area contributed by atoms with E-state index in [0.29, 0.717) is 6.61 Å². The van der Waals surface area contributed by atoms with Crippen LogP contribution in [0.2, 0.25) is 0 Å². The van der Waals surface area contributed by atoms with E-state index in [1.807, 2.05) is 19.2 Å². The second kappa shape index (κ2) is 6.90. The van der Waals surface area contributed by atoms with Crippen LogP contribution in [0, 0.1) is 13.8 Å². The van der Waals surface area contributed by atoms with Crippen LogP contribution in [0.5, 0.6) is 0 Å². The lowest BCUT2D eigenvalue weighted by Gasteiger charge is -2.27. The molecule has 1 saturated heterocycles. The fraction of sp³-hybridized carbons (Fsp3) is 0.556. The van der Waals surface area contributed by atoms with Crippen molar-refractivity contribution < 1.29 is 14.1 Å². The molecule has 2 aliphatic heterocycles. The van der Waals surface area contributed by atoms with Crippen molar-refractivity contribution in [3.8, 4) is 0 Å². The van der Waals surface area contributed by atoms with E-state index >= 15 is 0 Å². The number of nitrogens with one attached hydrogen (secondary N) is 1. The molecule has 0 saturated carbocycles. The van der Waals surface area contributed by atoms with Crippen molar-refractivity contribution in [1.29, 1.82) is 0 Å². The number of hydrogen-bond donors (Lipinski definition) is 1. The van der Waals surface area contributed by atoms with Crippen molar-refractivity contribution in [1.82, 2.24) is 15.4 Å². The molecule has 4 heterocycles. The number of rotatable bonds is 4. The number of nitrogens with zero attached hydrogens (tertiary/aromatic N) is 2. The van der Waals surface area contributed by atoms with Crippen LogP contribution in [0.3, 0.4) is 0 Å². The molecular weight excluding hydrogens is 338 g/mol. The molecule has 7 heteroatoms. The number of hydrogen-bond acceptors (Lipinski definition) is 6. The van der Waals surface area contributed by atoms with E-state index in [0.717, 1.165) is 56.1 Å². The molecule has 134 valence electrons. The lowest BCUT2D eigenvalue weighted by atomic mass is 10.0. The summed E-state index contributed by atoms with van der Waals surface area (Å²) in [5.41, 5.74) is 4.22. The van der Waals surface area contributed by atoms with E-state index in [4.69, 9.17) is 9.26 Å². The molecule has 0 aromatic carbocycles. The Hall–Kier alpha value is -1.70. The van der Waals surface area contributed by atoms with Gasteiger partial charge in [0.25, 0.3) is 5.91 Å². The zero-order valence-electron chi connectivity index (χ0n) is 14.6. The normalized spacial score (nSPS) is 20.6. The molecule has 0 aliphatic carbocycles. The van der Waals surface area contributed by atoms with Crippen molar-refractivity contribution in [3.05, 3.63) is 38.4 Å². The monoisotopic (exact) mass is 361 g/mol. The lowest BCUT2D eigenvalue weighted by molar-refractivity contribution is 0.0928. The number of aromatic nitrogens is 1. The van der Waals surface area contributed by atoms with Gasteiger partial charge in [-0.1, -0.05) is 5.16 Å². The largest absolute Gasteiger partial charge is 0.379 e. The Balaban J connectivity index is 1.44.